The lowest BCUT2D eigenvalue weighted by Crippen LogP contribution is -2.50. The molecule has 0 radical (unpaired) electrons. The standard InChI is InChI=1S/C32H39F3N2O6/c1-31(2,3)43-30(40)25-16-9-21(18-27(25)41-4)20-7-12-23(13-8-20)36-29(39)26-6-5-17-37(26)28(38)19-42-24-14-10-22(11-15-24)32(33,34)35/h9-11,14-16,18,20,23,26H,5-8,12-13,17,19H2,1-4H3,(H,36,39)/t20?,23?,26-/m1/s1. The van der Waals surface area contributed by atoms with Gasteiger partial charge in [-0.2, -0.15) is 13.2 Å². The molecule has 2 aliphatic rings. The Balaban J connectivity index is 1.27. The number of ether oxygens (including phenoxy) is 3. The molecule has 234 valence electrons. The van der Waals surface area contributed by atoms with E-state index >= 15 is 0 Å². The van der Waals surface area contributed by atoms with Gasteiger partial charge in [0.25, 0.3) is 5.91 Å². The molecule has 1 atom stereocenters. The van der Waals surface area contributed by atoms with Crippen LogP contribution in [0.1, 0.15) is 86.7 Å². The predicted molar refractivity (Wildman–Crippen MR) is 153 cm³/mol. The topological polar surface area (TPSA) is 94.2 Å². The fourth-order valence-electron chi connectivity index (χ4n) is 5.64. The molecule has 1 aliphatic heterocycles. The Hall–Kier alpha value is -3.76. The lowest BCUT2D eigenvalue weighted by atomic mass is 9.81. The van der Waals surface area contributed by atoms with E-state index in [1.807, 2.05) is 32.9 Å². The van der Waals surface area contributed by atoms with Gasteiger partial charge < -0.3 is 24.4 Å². The van der Waals surface area contributed by atoms with Crippen molar-refractivity contribution < 1.29 is 41.8 Å². The van der Waals surface area contributed by atoms with Crippen molar-refractivity contribution >= 4 is 17.8 Å². The summed E-state index contributed by atoms with van der Waals surface area (Å²) in [5.74, 6) is -0.155. The van der Waals surface area contributed by atoms with Crippen LogP contribution in [0.3, 0.4) is 0 Å². The minimum absolute atomic E-state index is 0.0207. The summed E-state index contributed by atoms with van der Waals surface area (Å²) in [6.45, 7) is 5.49. The molecule has 8 nitrogen and oxygen atoms in total. The van der Waals surface area contributed by atoms with Crippen LogP contribution in [0.5, 0.6) is 11.5 Å². The first-order valence-electron chi connectivity index (χ1n) is 14.6. The highest BCUT2D eigenvalue weighted by atomic mass is 19.4. The van der Waals surface area contributed by atoms with E-state index in [1.54, 1.807) is 6.07 Å². The van der Waals surface area contributed by atoms with Gasteiger partial charge in [0.2, 0.25) is 5.91 Å². The molecule has 4 rings (SSSR count). The van der Waals surface area contributed by atoms with Crippen LogP contribution in [0.2, 0.25) is 0 Å². The molecule has 2 fully saturated rings. The Kier molecular flexibility index (Phi) is 9.92. The number of carbonyl (C=O) groups is 3. The van der Waals surface area contributed by atoms with Crippen molar-refractivity contribution in [1.82, 2.24) is 10.2 Å². The van der Waals surface area contributed by atoms with E-state index in [2.05, 4.69) is 5.32 Å². The summed E-state index contributed by atoms with van der Waals surface area (Å²) in [5, 5.41) is 3.11. The molecule has 1 N–H and O–H groups in total. The number of methoxy groups -OCH3 is 1. The van der Waals surface area contributed by atoms with Crippen molar-refractivity contribution in [1.29, 1.82) is 0 Å². The first-order chi connectivity index (χ1) is 20.2. The summed E-state index contributed by atoms with van der Waals surface area (Å²) in [4.78, 5) is 40.1. The zero-order valence-corrected chi connectivity index (χ0v) is 25.0. The second-order valence-corrected chi connectivity index (χ2v) is 12.1. The van der Waals surface area contributed by atoms with Crippen LogP contribution < -0.4 is 14.8 Å². The molecule has 0 spiro atoms. The Morgan fingerprint density at radius 1 is 0.953 bits per heavy atom. The maximum Gasteiger partial charge on any atom is 0.416 e. The Morgan fingerprint density at radius 3 is 2.23 bits per heavy atom. The van der Waals surface area contributed by atoms with Gasteiger partial charge in [0.05, 0.1) is 12.7 Å². The predicted octanol–water partition coefficient (Wildman–Crippen LogP) is 5.88. The maximum absolute atomic E-state index is 13.2. The van der Waals surface area contributed by atoms with Gasteiger partial charge in [-0.3, -0.25) is 9.59 Å². The Labute approximate surface area is 249 Å². The molecular formula is C32H39F3N2O6. The van der Waals surface area contributed by atoms with Crippen molar-refractivity contribution in [2.45, 2.75) is 89.1 Å². The number of carbonyl (C=O) groups excluding carboxylic acids is 3. The number of nitrogens with one attached hydrogen (secondary N) is 1. The van der Waals surface area contributed by atoms with Crippen molar-refractivity contribution in [3.8, 4) is 11.5 Å². The summed E-state index contributed by atoms with van der Waals surface area (Å²) in [7, 11) is 1.53. The molecule has 1 heterocycles. The fraction of sp³-hybridized carbons (Fsp3) is 0.531. The van der Waals surface area contributed by atoms with Crippen LogP contribution in [0.4, 0.5) is 13.2 Å². The van der Waals surface area contributed by atoms with Crippen LogP contribution >= 0.6 is 0 Å². The Bertz CT molecular complexity index is 1300. The van der Waals surface area contributed by atoms with Crippen LogP contribution in [-0.2, 0) is 20.5 Å². The summed E-state index contributed by atoms with van der Waals surface area (Å²) < 4.78 is 54.7. The van der Waals surface area contributed by atoms with Gasteiger partial charge in [-0.25, -0.2) is 4.79 Å². The van der Waals surface area contributed by atoms with Gasteiger partial charge >= 0.3 is 12.1 Å². The van der Waals surface area contributed by atoms with Crippen LogP contribution in [0, 0.1) is 0 Å². The van der Waals surface area contributed by atoms with E-state index in [9.17, 15) is 27.6 Å². The number of rotatable bonds is 8. The number of alkyl halides is 3. The molecule has 1 aliphatic carbocycles. The van der Waals surface area contributed by atoms with Crippen LogP contribution in [0.15, 0.2) is 42.5 Å². The molecular weight excluding hydrogens is 565 g/mol. The monoisotopic (exact) mass is 604 g/mol. The van der Waals surface area contributed by atoms with E-state index < -0.39 is 29.4 Å². The number of nitrogens with zero attached hydrogens (tertiary/aromatic N) is 1. The fourth-order valence-corrected chi connectivity index (χ4v) is 5.64. The highest BCUT2D eigenvalue weighted by molar-refractivity contribution is 5.93. The average Bonchev–Trinajstić information content (AvgIpc) is 3.45. The van der Waals surface area contributed by atoms with Gasteiger partial charge in [-0.15, -0.1) is 0 Å². The van der Waals surface area contributed by atoms with Crippen molar-refractivity contribution in [2.75, 3.05) is 20.3 Å². The molecule has 2 aromatic rings. The minimum atomic E-state index is -4.45. The van der Waals surface area contributed by atoms with Gasteiger partial charge in [-0.05, 0) is 107 Å². The zero-order valence-electron chi connectivity index (χ0n) is 25.0. The van der Waals surface area contributed by atoms with E-state index in [-0.39, 0.29) is 36.1 Å². The summed E-state index contributed by atoms with van der Waals surface area (Å²) in [6.07, 6.45) is -0.0160. The molecule has 0 bridgehead atoms. The quantitative estimate of drug-likeness (QED) is 0.378. The number of halogens is 3. The zero-order chi connectivity index (χ0) is 31.4. The molecule has 0 unspecified atom stereocenters. The van der Waals surface area contributed by atoms with Crippen LogP contribution in [0.25, 0.3) is 0 Å². The third-order valence-corrected chi connectivity index (χ3v) is 7.81. The van der Waals surface area contributed by atoms with Gasteiger partial charge in [0.15, 0.2) is 6.61 Å². The molecule has 43 heavy (non-hydrogen) atoms. The number of hydrogen-bond acceptors (Lipinski definition) is 6. The Morgan fingerprint density at radius 2 is 1.63 bits per heavy atom. The van der Waals surface area contributed by atoms with E-state index in [1.165, 1.54) is 24.1 Å². The number of amides is 2. The van der Waals surface area contributed by atoms with Crippen molar-refractivity contribution in [2.24, 2.45) is 0 Å². The second-order valence-electron chi connectivity index (χ2n) is 12.1. The number of hydrogen-bond donors (Lipinski definition) is 1. The average molecular weight is 605 g/mol. The first-order valence-corrected chi connectivity index (χ1v) is 14.6. The lowest BCUT2D eigenvalue weighted by Gasteiger charge is -2.32. The molecule has 1 saturated carbocycles. The van der Waals surface area contributed by atoms with Crippen molar-refractivity contribution in [3.05, 3.63) is 59.2 Å². The van der Waals surface area contributed by atoms with E-state index in [4.69, 9.17) is 14.2 Å². The molecule has 2 aromatic carbocycles. The van der Waals surface area contributed by atoms with Crippen LogP contribution in [-0.4, -0.2) is 60.6 Å². The maximum atomic E-state index is 13.2. The third kappa shape index (κ3) is 8.42. The molecule has 11 heteroatoms. The third-order valence-electron chi connectivity index (χ3n) is 7.81. The molecule has 2 amide bonds. The highest BCUT2D eigenvalue weighted by Gasteiger charge is 2.36. The number of esters is 1. The van der Waals surface area contributed by atoms with E-state index in [0.717, 1.165) is 43.4 Å². The van der Waals surface area contributed by atoms with Gasteiger partial charge in [-0.1, -0.05) is 6.07 Å². The number of benzene rings is 2. The van der Waals surface area contributed by atoms with Crippen molar-refractivity contribution in [3.63, 3.8) is 0 Å². The number of likely N-dealkylation sites (tertiary alicyclic amines) is 1. The SMILES string of the molecule is COc1cc(C2CCC(NC(=O)[C@H]3CCCN3C(=O)COc3ccc(C(F)(F)F)cc3)CC2)ccc1C(=O)OC(C)(C)C. The first kappa shape index (κ1) is 32.2. The van der Waals surface area contributed by atoms with E-state index in [0.29, 0.717) is 30.7 Å². The molecule has 0 aromatic heterocycles. The molecule has 1 saturated heterocycles. The van der Waals surface area contributed by atoms with Gasteiger partial charge in [0.1, 0.15) is 28.7 Å². The normalized spacial score (nSPS) is 20.8. The highest BCUT2D eigenvalue weighted by Crippen LogP contribution is 2.36. The summed E-state index contributed by atoms with van der Waals surface area (Å²) in [6, 6.07) is 9.07. The smallest absolute Gasteiger partial charge is 0.416 e. The summed E-state index contributed by atoms with van der Waals surface area (Å²) >= 11 is 0. The minimum Gasteiger partial charge on any atom is -0.496 e. The van der Waals surface area contributed by atoms with Gasteiger partial charge in [0, 0.05) is 12.6 Å². The lowest BCUT2D eigenvalue weighted by molar-refractivity contribution is -0.140. The largest absolute Gasteiger partial charge is 0.496 e. The summed E-state index contributed by atoms with van der Waals surface area (Å²) in [5.41, 5.74) is 0.0275. The second kappa shape index (κ2) is 13.3.